The topological polar surface area (TPSA) is 94.1 Å². The highest BCUT2D eigenvalue weighted by Crippen LogP contribution is 2.17. The number of nitrogens with one attached hydrogen (secondary N) is 2. The summed E-state index contributed by atoms with van der Waals surface area (Å²) in [6, 6.07) is 7.41. The third-order valence-corrected chi connectivity index (χ3v) is 2.87. The van der Waals surface area contributed by atoms with Crippen molar-refractivity contribution in [2.24, 2.45) is 0 Å². The van der Waals surface area contributed by atoms with Gasteiger partial charge in [-0.1, -0.05) is 0 Å². The zero-order valence-corrected chi connectivity index (χ0v) is 11.2. The Morgan fingerprint density at radius 2 is 2.15 bits per heavy atom. The van der Waals surface area contributed by atoms with E-state index in [-0.39, 0.29) is 18.3 Å². The molecule has 7 nitrogen and oxygen atoms in total. The fourth-order valence-corrected chi connectivity index (χ4v) is 1.85. The molecular weight excluding hydrogens is 258 g/mol. The molecule has 0 aliphatic heterocycles. The number of anilines is 2. The summed E-state index contributed by atoms with van der Waals surface area (Å²) in [4.78, 5) is 17.6. The predicted octanol–water partition coefficient (Wildman–Crippen LogP) is 0.876. The summed E-state index contributed by atoms with van der Waals surface area (Å²) in [5.41, 5.74) is 1.68. The molecule has 2 rings (SSSR count). The highest BCUT2D eigenvalue weighted by Gasteiger charge is 2.09. The van der Waals surface area contributed by atoms with E-state index < -0.39 is 0 Å². The summed E-state index contributed by atoms with van der Waals surface area (Å²) in [6.45, 7) is 3.53. The van der Waals surface area contributed by atoms with Crippen molar-refractivity contribution in [2.45, 2.75) is 6.92 Å². The van der Waals surface area contributed by atoms with Crippen molar-refractivity contribution < 1.29 is 9.90 Å². The summed E-state index contributed by atoms with van der Waals surface area (Å²) in [6.07, 6.45) is 1.28. The number of likely N-dealkylation sites (N-methyl/N-ethyl adjacent to an activating group) is 1. The van der Waals surface area contributed by atoms with Crippen LogP contribution < -0.4 is 10.2 Å². The van der Waals surface area contributed by atoms with Crippen LogP contribution in [-0.2, 0) is 0 Å². The predicted molar refractivity (Wildman–Crippen MR) is 75.8 cm³/mol. The van der Waals surface area contributed by atoms with Gasteiger partial charge in [-0.15, -0.1) is 0 Å². The summed E-state index contributed by atoms with van der Waals surface area (Å²) in [5, 5.41) is 17.8. The van der Waals surface area contributed by atoms with Gasteiger partial charge in [-0.25, -0.2) is 4.98 Å². The molecule has 0 bridgehead atoms. The standard InChI is InChI=1S/C13H17N5O2/c1-2-18(7-8-19)11-5-3-10(4-6-11)16-13(20)12-14-9-15-17-12/h3-6,9,19H,2,7-8H2,1H3,(H,16,20)(H,14,15,17). The third-order valence-electron chi connectivity index (χ3n) is 2.87. The third kappa shape index (κ3) is 3.33. The lowest BCUT2D eigenvalue weighted by molar-refractivity contribution is 0.101. The molecule has 1 aromatic heterocycles. The first-order chi connectivity index (χ1) is 9.74. The van der Waals surface area contributed by atoms with Crippen LogP contribution in [0.5, 0.6) is 0 Å². The zero-order chi connectivity index (χ0) is 14.4. The molecule has 0 spiro atoms. The summed E-state index contributed by atoms with van der Waals surface area (Å²) in [7, 11) is 0. The molecule has 20 heavy (non-hydrogen) atoms. The lowest BCUT2D eigenvalue weighted by Gasteiger charge is -2.22. The fourth-order valence-electron chi connectivity index (χ4n) is 1.85. The van der Waals surface area contributed by atoms with E-state index in [9.17, 15) is 4.79 Å². The molecule has 1 amide bonds. The molecule has 1 aromatic carbocycles. The molecule has 0 saturated heterocycles. The maximum absolute atomic E-state index is 11.8. The van der Waals surface area contributed by atoms with Gasteiger partial charge in [0.05, 0.1) is 6.61 Å². The van der Waals surface area contributed by atoms with Gasteiger partial charge in [-0.05, 0) is 31.2 Å². The number of carbonyl (C=O) groups is 1. The van der Waals surface area contributed by atoms with Gasteiger partial charge in [-0.2, -0.15) is 5.10 Å². The first-order valence-electron chi connectivity index (χ1n) is 6.37. The molecule has 0 aliphatic carbocycles. The van der Waals surface area contributed by atoms with Crippen LogP contribution in [0.15, 0.2) is 30.6 Å². The van der Waals surface area contributed by atoms with Crippen LogP contribution in [0.25, 0.3) is 0 Å². The largest absolute Gasteiger partial charge is 0.395 e. The number of hydrogen-bond acceptors (Lipinski definition) is 5. The maximum atomic E-state index is 11.8. The normalized spacial score (nSPS) is 10.3. The van der Waals surface area contributed by atoms with Crippen molar-refractivity contribution in [3.05, 3.63) is 36.4 Å². The average molecular weight is 275 g/mol. The zero-order valence-electron chi connectivity index (χ0n) is 11.2. The molecule has 1 heterocycles. The molecule has 0 radical (unpaired) electrons. The van der Waals surface area contributed by atoms with Gasteiger partial charge in [-0.3, -0.25) is 9.89 Å². The minimum Gasteiger partial charge on any atom is -0.395 e. The lowest BCUT2D eigenvalue weighted by Crippen LogP contribution is -2.26. The Morgan fingerprint density at radius 1 is 1.40 bits per heavy atom. The molecule has 7 heteroatoms. The van der Waals surface area contributed by atoms with Crippen LogP contribution >= 0.6 is 0 Å². The second-order valence-corrected chi connectivity index (χ2v) is 4.14. The number of aliphatic hydroxyl groups is 1. The van der Waals surface area contributed by atoms with E-state index in [1.165, 1.54) is 6.33 Å². The Labute approximate surface area is 116 Å². The monoisotopic (exact) mass is 275 g/mol. The van der Waals surface area contributed by atoms with Crippen LogP contribution in [0.1, 0.15) is 17.5 Å². The Kier molecular flexibility index (Phi) is 4.67. The van der Waals surface area contributed by atoms with Crippen molar-refractivity contribution in [1.82, 2.24) is 15.2 Å². The van der Waals surface area contributed by atoms with Crippen molar-refractivity contribution >= 4 is 17.3 Å². The number of rotatable bonds is 6. The number of aliphatic hydroxyl groups excluding tert-OH is 1. The van der Waals surface area contributed by atoms with Gasteiger partial charge >= 0.3 is 0 Å². The average Bonchev–Trinajstić information content (AvgIpc) is 3.00. The molecular formula is C13H17N5O2. The highest BCUT2D eigenvalue weighted by atomic mass is 16.3. The summed E-state index contributed by atoms with van der Waals surface area (Å²) < 4.78 is 0. The van der Waals surface area contributed by atoms with Gasteiger partial charge in [0.2, 0.25) is 5.82 Å². The van der Waals surface area contributed by atoms with Gasteiger partial charge in [0, 0.05) is 24.5 Å². The first kappa shape index (κ1) is 14.0. The Morgan fingerprint density at radius 3 is 2.70 bits per heavy atom. The minimum absolute atomic E-state index is 0.109. The fraction of sp³-hybridized carbons (Fsp3) is 0.308. The molecule has 0 saturated carbocycles. The Hall–Kier alpha value is -2.41. The quantitative estimate of drug-likeness (QED) is 0.727. The van der Waals surface area contributed by atoms with Crippen LogP contribution in [0.4, 0.5) is 11.4 Å². The van der Waals surface area contributed by atoms with E-state index in [0.717, 1.165) is 12.2 Å². The van der Waals surface area contributed by atoms with E-state index in [0.29, 0.717) is 12.2 Å². The molecule has 3 N–H and O–H groups in total. The van der Waals surface area contributed by atoms with E-state index in [2.05, 4.69) is 20.5 Å². The number of benzene rings is 1. The van der Waals surface area contributed by atoms with E-state index in [4.69, 9.17) is 5.11 Å². The smallest absolute Gasteiger partial charge is 0.292 e. The Balaban J connectivity index is 2.03. The van der Waals surface area contributed by atoms with Gasteiger partial charge < -0.3 is 15.3 Å². The number of aromatic amines is 1. The minimum atomic E-state index is -0.335. The van der Waals surface area contributed by atoms with Crippen LogP contribution in [-0.4, -0.2) is 45.9 Å². The number of hydrogen-bond donors (Lipinski definition) is 3. The second-order valence-electron chi connectivity index (χ2n) is 4.14. The van der Waals surface area contributed by atoms with E-state index in [1.54, 1.807) is 0 Å². The molecule has 0 aliphatic rings. The number of amides is 1. The van der Waals surface area contributed by atoms with Gasteiger partial charge in [0.15, 0.2) is 0 Å². The highest BCUT2D eigenvalue weighted by molar-refractivity contribution is 6.01. The first-order valence-corrected chi connectivity index (χ1v) is 6.37. The van der Waals surface area contributed by atoms with E-state index in [1.807, 2.05) is 36.1 Å². The maximum Gasteiger partial charge on any atom is 0.292 e. The van der Waals surface area contributed by atoms with E-state index >= 15 is 0 Å². The SMILES string of the molecule is CCN(CCO)c1ccc(NC(=O)c2ncn[nH]2)cc1. The number of carbonyl (C=O) groups excluding carboxylic acids is 1. The number of aromatic nitrogens is 3. The van der Waals surface area contributed by atoms with Crippen molar-refractivity contribution in [3.63, 3.8) is 0 Å². The summed E-state index contributed by atoms with van der Waals surface area (Å²) in [5.74, 6) is -0.164. The van der Waals surface area contributed by atoms with Crippen molar-refractivity contribution in [3.8, 4) is 0 Å². The molecule has 0 fully saturated rings. The number of nitrogens with zero attached hydrogens (tertiary/aromatic N) is 3. The van der Waals surface area contributed by atoms with Crippen molar-refractivity contribution in [2.75, 3.05) is 29.9 Å². The van der Waals surface area contributed by atoms with Crippen molar-refractivity contribution in [1.29, 1.82) is 0 Å². The van der Waals surface area contributed by atoms with Crippen LogP contribution in [0.3, 0.4) is 0 Å². The number of H-pyrrole nitrogens is 1. The lowest BCUT2D eigenvalue weighted by atomic mass is 10.2. The Bertz CT molecular complexity index is 538. The molecule has 2 aromatic rings. The van der Waals surface area contributed by atoms with Crippen LogP contribution in [0, 0.1) is 0 Å². The second kappa shape index (κ2) is 6.67. The molecule has 106 valence electrons. The molecule has 0 unspecified atom stereocenters. The van der Waals surface area contributed by atoms with Gasteiger partial charge in [0.1, 0.15) is 6.33 Å². The molecule has 0 atom stereocenters. The summed E-state index contributed by atoms with van der Waals surface area (Å²) >= 11 is 0. The van der Waals surface area contributed by atoms with Crippen LogP contribution in [0.2, 0.25) is 0 Å². The van der Waals surface area contributed by atoms with Gasteiger partial charge in [0.25, 0.3) is 5.91 Å².